The Morgan fingerprint density at radius 3 is 2.41 bits per heavy atom. The predicted molar refractivity (Wildman–Crippen MR) is 109 cm³/mol. The molecule has 1 N–H and O–H groups in total. The van der Waals surface area contributed by atoms with E-state index in [0.717, 1.165) is 5.57 Å². The molecule has 150 valence electrons. The van der Waals surface area contributed by atoms with Crippen LogP contribution in [0.1, 0.15) is 6.92 Å². The molecule has 0 atom stereocenters. The molecule has 0 fully saturated rings. The highest BCUT2D eigenvalue weighted by atomic mass is 16.5. The van der Waals surface area contributed by atoms with Gasteiger partial charge in [0.05, 0.1) is 25.1 Å². The van der Waals surface area contributed by atoms with Gasteiger partial charge in [-0.1, -0.05) is 6.58 Å². The van der Waals surface area contributed by atoms with E-state index in [2.05, 4.69) is 21.9 Å². The highest BCUT2D eigenvalue weighted by Crippen LogP contribution is 2.35. The predicted octanol–water partition coefficient (Wildman–Crippen LogP) is 4.56. The maximum absolute atomic E-state index is 11.7. The summed E-state index contributed by atoms with van der Waals surface area (Å²) >= 11 is 0. The van der Waals surface area contributed by atoms with Crippen LogP contribution in [-0.2, 0) is 4.74 Å². The van der Waals surface area contributed by atoms with E-state index in [1.807, 2.05) is 0 Å². The fourth-order valence-corrected chi connectivity index (χ4v) is 2.50. The van der Waals surface area contributed by atoms with Gasteiger partial charge in [0.1, 0.15) is 18.7 Å². The van der Waals surface area contributed by atoms with E-state index in [1.54, 1.807) is 57.5 Å². The summed E-state index contributed by atoms with van der Waals surface area (Å²) in [6.45, 7) is 5.63. The number of nitrogens with one attached hydrogen (secondary N) is 1. The SMILES string of the molecule is C=C(C)COC(=O)Nc1ccc(Oc2ncnc3cc(OC)c(OC)cc23)cc1. The van der Waals surface area contributed by atoms with Crippen LogP contribution in [0.5, 0.6) is 23.1 Å². The summed E-state index contributed by atoms with van der Waals surface area (Å²) in [5.74, 6) is 2.03. The van der Waals surface area contributed by atoms with Crippen molar-refractivity contribution in [1.29, 1.82) is 0 Å². The number of fused-ring (bicyclic) bond motifs is 1. The third kappa shape index (κ3) is 4.92. The number of hydrogen-bond donors (Lipinski definition) is 1. The Labute approximate surface area is 168 Å². The van der Waals surface area contributed by atoms with Gasteiger partial charge in [-0.2, -0.15) is 0 Å². The zero-order valence-electron chi connectivity index (χ0n) is 16.4. The first kappa shape index (κ1) is 19.9. The number of rotatable bonds is 7. The maximum atomic E-state index is 11.7. The molecule has 1 aromatic heterocycles. The quantitative estimate of drug-likeness (QED) is 0.586. The Bertz CT molecular complexity index is 1030. The minimum atomic E-state index is -0.551. The van der Waals surface area contributed by atoms with Gasteiger partial charge in [-0.3, -0.25) is 5.32 Å². The minimum Gasteiger partial charge on any atom is -0.493 e. The van der Waals surface area contributed by atoms with Gasteiger partial charge >= 0.3 is 6.09 Å². The van der Waals surface area contributed by atoms with Crippen LogP contribution >= 0.6 is 0 Å². The van der Waals surface area contributed by atoms with Crippen molar-refractivity contribution >= 4 is 22.7 Å². The molecule has 0 radical (unpaired) electrons. The van der Waals surface area contributed by atoms with Gasteiger partial charge in [0.15, 0.2) is 11.5 Å². The Hall–Kier alpha value is -3.81. The molecule has 2 aromatic carbocycles. The van der Waals surface area contributed by atoms with E-state index in [1.165, 1.54) is 6.33 Å². The number of amides is 1. The van der Waals surface area contributed by atoms with Crippen molar-refractivity contribution in [2.45, 2.75) is 6.92 Å². The average molecular weight is 395 g/mol. The molecule has 3 aromatic rings. The molecule has 8 nitrogen and oxygen atoms in total. The number of carbonyl (C=O) groups excluding carboxylic acids is 1. The molecule has 1 heterocycles. The average Bonchev–Trinajstić information content (AvgIpc) is 2.73. The van der Waals surface area contributed by atoms with Crippen molar-refractivity contribution in [2.24, 2.45) is 0 Å². The molecule has 8 heteroatoms. The van der Waals surface area contributed by atoms with Crippen LogP contribution in [0, 0.1) is 0 Å². The zero-order chi connectivity index (χ0) is 20.8. The third-order valence-electron chi connectivity index (χ3n) is 3.87. The minimum absolute atomic E-state index is 0.169. The van der Waals surface area contributed by atoms with Gasteiger partial charge in [0.2, 0.25) is 5.88 Å². The summed E-state index contributed by atoms with van der Waals surface area (Å²) in [5.41, 5.74) is 1.99. The number of carbonyl (C=O) groups is 1. The lowest BCUT2D eigenvalue weighted by atomic mass is 10.2. The molecular weight excluding hydrogens is 374 g/mol. The summed E-state index contributed by atoms with van der Waals surface area (Å²) < 4.78 is 21.5. The number of benzene rings is 2. The molecule has 0 aliphatic rings. The Kier molecular flexibility index (Phi) is 6.13. The molecule has 0 aliphatic carbocycles. The Morgan fingerprint density at radius 2 is 1.76 bits per heavy atom. The fourth-order valence-electron chi connectivity index (χ4n) is 2.50. The normalized spacial score (nSPS) is 10.3. The Balaban J connectivity index is 1.77. The molecule has 29 heavy (non-hydrogen) atoms. The third-order valence-corrected chi connectivity index (χ3v) is 3.87. The van der Waals surface area contributed by atoms with Gasteiger partial charge in [-0.25, -0.2) is 14.8 Å². The van der Waals surface area contributed by atoms with Crippen molar-refractivity contribution < 1.29 is 23.7 Å². The second-order valence-corrected chi connectivity index (χ2v) is 6.19. The number of hydrogen-bond acceptors (Lipinski definition) is 7. The van der Waals surface area contributed by atoms with E-state index in [-0.39, 0.29) is 6.61 Å². The number of aromatic nitrogens is 2. The summed E-state index contributed by atoms with van der Waals surface area (Å²) in [7, 11) is 3.12. The van der Waals surface area contributed by atoms with Gasteiger partial charge in [-0.15, -0.1) is 0 Å². The molecule has 0 spiro atoms. The van der Waals surface area contributed by atoms with Crippen LogP contribution in [0.25, 0.3) is 10.9 Å². The van der Waals surface area contributed by atoms with E-state index >= 15 is 0 Å². The van der Waals surface area contributed by atoms with Crippen LogP contribution < -0.4 is 19.5 Å². The summed E-state index contributed by atoms with van der Waals surface area (Å²) in [4.78, 5) is 20.2. The second kappa shape index (κ2) is 8.92. The smallest absolute Gasteiger partial charge is 0.411 e. The van der Waals surface area contributed by atoms with Crippen LogP contribution in [0.3, 0.4) is 0 Å². The Morgan fingerprint density at radius 1 is 1.07 bits per heavy atom. The van der Waals surface area contributed by atoms with Gasteiger partial charge in [-0.05, 0) is 42.8 Å². The van der Waals surface area contributed by atoms with Crippen LogP contribution in [0.2, 0.25) is 0 Å². The van der Waals surface area contributed by atoms with E-state index in [0.29, 0.717) is 39.7 Å². The first-order valence-electron chi connectivity index (χ1n) is 8.73. The summed E-state index contributed by atoms with van der Waals surface area (Å²) in [6, 6.07) is 10.3. The van der Waals surface area contributed by atoms with Crippen molar-refractivity contribution in [3.63, 3.8) is 0 Å². The fraction of sp³-hybridized carbons (Fsp3) is 0.190. The number of anilines is 1. The molecular formula is C21H21N3O5. The first-order valence-corrected chi connectivity index (χ1v) is 8.73. The maximum Gasteiger partial charge on any atom is 0.411 e. The summed E-state index contributed by atoms with van der Waals surface area (Å²) in [5, 5.41) is 3.31. The highest BCUT2D eigenvalue weighted by Gasteiger charge is 2.12. The van der Waals surface area contributed by atoms with E-state index < -0.39 is 6.09 Å². The van der Waals surface area contributed by atoms with Crippen LogP contribution in [0.4, 0.5) is 10.5 Å². The summed E-state index contributed by atoms with van der Waals surface area (Å²) in [6.07, 6.45) is 0.862. The van der Waals surface area contributed by atoms with Crippen molar-refractivity contribution in [2.75, 3.05) is 26.1 Å². The molecule has 0 aliphatic heterocycles. The second-order valence-electron chi connectivity index (χ2n) is 6.19. The topological polar surface area (TPSA) is 91.8 Å². The van der Waals surface area contributed by atoms with Crippen LogP contribution in [0.15, 0.2) is 54.9 Å². The zero-order valence-corrected chi connectivity index (χ0v) is 16.4. The van der Waals surface area contributed by atoms with Crippen molar-refractivity contribution in [1.82, 2.24) is 9.97 Å². The number of methoxy groups -OCH3 is 2. The standard InChI is InChI=1S/C21H21N3O5/c1-13(2)11-28-21(25)24-14-5-7-15(8-6-14)29-20-16-9-18(26-3)19(27-4)10-17(16)22-12-23-20/h5-10,12H,1,11H2,2-4H3,(H,24,25). The van der Waals surface area contributed by atoms with Gasteiger partial charge in [0.25, 0.3) is 0 Å². The van der Waals surface area contributed by atoms with Crippen molar-refractivity contribution in [3.05, 3.63) is 54.9 Å². The molecule has 3 rings (SSSR count). The van der Waals surface area contributed by atoms with Gasteiger partial charge in [0, 0.05) is 11.8 Å². The lowest BCUT2D eigenvalue weighted by molar-refractivity contribution is 0.171. The largest absolute Gasteiger partial charge is 0.493 e. The highest BCUT2D eigenvalue weighted by molar-refractivity contribution is 5.87. The first-order chi connectivity index (χ1) is 14.0. The molecule has 0 saturated heterocycles. The van der Waals surface area contributed by atoms with Gasteiger partial charge < -0.3 is 18.9 Å². The monoisotopic (exact) mass is 395 g/mol. The van der Waals surface area contributed by atoms with E-state index in [9.17, 15) is 4.79 Å². The molecule has 0 saturated carbocycles. The van der Waals surface area contributed by atoms with E-state index in [4.69, 9.17) is 18.9 Å². The number of ether oxygens (including phenoxy) is 4. The molecule has 0 unspecified atom stereocenters. The molecule has 1 amide bonds. The number of nitrogens with zero attached hydrogens (tertiary/aromatic N) is 2. The lowest BCUT2D eigenvalue weighted by Crippen LogP contribution is -2.14. The lowest BCUT2D eigenvalue weighted by Gasteiger charge is -2.12. The van der Waals surface area contributed by atoms with Crippen LogP contribution in [-0.4, -0.2) is 36.9 Å². The van der Waals surface area contributed by atoms with Crippen molar-refractivity contribution in [3.8, 4) is 23.1 Å². The molecule has 0 bridgehead atoms.